The average Bonchev–Trinajstić information content (AvgIpc) is 2.82. The van der Waals surface area contributed by atoms with Gasteiger partial charge in [-0.1, -0.05) is 65.5 Å². The van der Waals surface area contributed by atoms with Crippen molar-refractivity contribution in [2.45, 2.75) is 23.1 Å². The molecule has 0 radical (unpaired) electrons. The first-order valence-electron chi connectivity index (χ1n) is 9.77. The van der Waals surface area contributed by atoms with Crippen molar-refractivity contribution in [3.8, 4) is 0 Å². The van der Waals surface area contributed by atoms with Crippen molar-refractivity contribution in [3.63, 3.8) is 0 Å². The summed E-state index contributed by atoms with van der Waals surface area (Å²) in [4.78, 5) is 7.85. The summed E-state index contributed by atoms with van der Waals surface area (Å²) >= 11 is 23.7. The fourth-order valence-corrected chi connectivity index (χ4v) is 5.72. The first-order valence-corrected chi connectivity index (χ1v) is 15.1. The zero-order chi connectivity index (χ0) is 26.0. The number of fused-ring (bicyclic) bond motifs is 2. The van der Waals surface area contributed by atoms with Crippen molar-refractivity contribution < 1.29 is 16.8 Å². The second-order valence-corrected chi connectivity index (χ2v) is 12.9. The van der Waals surface area contributed by atoms with Crippen LogP contribution < -0.4 is 4.72 Å². The molecule has 2 aromatic heterocycles. The molecule has 7 nitrogen and oxygen atoms in total. The predicted octanol–water partition coefficient (Wildman–Crippen LogP) is 6.70. The van der Waals surface area contributed by atoms with Gasteiger partial charge in [0.25, 0.3) is 9.05 Å². The lowest BCUT2D eigenvalue weighted by molar-refractivity contribution is 0.581. The van der Waals surface area contributed by atoms with Gasteiger partial charge in [-0.2, -0.15) is 0 Å². The molecule has 0 atom stereocenters. The van der Waals surface area contributed by atoms with Gasteiger partial charge in [-0.05, 0) is 30.7 Å². The van der Waals surface area contributed by atoms with Crippen LogP contribution in [0.5, 0.6) is 0 Å². The minimum absolute atomic E-state index is 0.0346. The molecule has 2 aromatic carbocycles. The molecule has 0 aliphatic carbocycles. The first kappa shape index (κ1) is 28.1. The van der Waals surface area contributed by atoms with Crippen LogP contribution in [0.15, 0.2) is 58.6 Å². The molecule has 186 valence electrons. The van der Waals surface area contributed by atoms with E-state index in [1.54, 1.807) is 12.1 Å². The monoisotopic (exact) mass is 613 g/mol. The van der Waals surface area contributed by atoms with Gasteiger partial charge in [0, 0.05) is 51.2 Å². The maximum Gasteiger partial charge on any atom is 0.261 e. The fourth-order valence-electron chi connectivity index (χ4n) is 2.95. The third-order valence-electron chi connectivity index (χ3n) is 4.66. The highest BCUT2D eigenvalue weighted by molar-refractivity contribution is 8.13. The van der Waals surface area contributed by atoms with Gasteiger partial charge >= 0.3 is 0 Å². The first-order chi connectivity index (χ1) is 16.3. The Balaban J connectivity index is 0.000000198. The Hall–Kier alpha value is -1.43. The largest absolute Gasteiger partial charge is 0.261 e. The minimum Gasteiger partial charge on any atom is -0.242 e. The number of nitrogens with one attached hydrogen (secondary N) is 1. The number of rotatable bonds is 5. The molecule has 0 amide bonds. The fraction of sp³-hybridized carbons (Fsp3) is 0.143. The van der Waals surface area contributed by atoms with Crippen LogP contribution in [0.2, 0.25) is 20.4 Å². The number of hydrogen-bond acceptors (Lipinski definition) is 6. The van der Waals surface area contributed by atoms with E-state index in [0.29, 0.717) is 38.1 Å². The number of halogens is 5. The number of benzene rings is 2. The van der Waals surface area contributed by atoms with Crippen LogP contribution in [0.25, 0.3) is 21.5 Å². The van der Waals surface area contributed by atoms with E-state index < -0.39 is 19.1 Å². The van der Waals surface area contributed by atoms with Crippen molar-refractivity contribution in [1.29, 1.82) is 0 Å². The second kappa shape index (κ2) is 11.3. The molecule has 4 aromatic rings. The predicted molar refractivity (Wildman–Crippen MR) is 142 cm³/mol. The smallest absolute Gasteiger partial charge is 0.242 e. The molecule has 0 spiro atoms. The highest BCUT2D eigenvalue weighted by Gasteiger charge is 2.16. The third-order valence-corrected chi connectivity index (χ3v) is 8.67. The SMILES string of the molecule is CCCNS(=O)(=O)c1ccc2c(Cl)cnc(Cl)c2c1.O=S(=O)(Cl)c1ccc2c(Cl)cnc(Cl)c2c1. The Morgan fingerprint density at radius 2 is 1.20 bits per heavy atom. The van der Waals surface area contributed by atoms with Crippen molar-refractivity contribution >= 4 is 97.7 Å². The quantitative estimate of drug-likeness (QED) is 0.198. The van der Waals surface area contributed by atoms with E-state index in [9.17, 15) is 16.8 Å². The Morgan fingerprint density at radius 3 is 1.66 bits per heavy atom. The summed E-state index contributed by atoms with van der Waals surface area (Å²) in [5.74, 6) is 0. The summed E-state index contributed by atoms with van der Waals surface area (Å²) in [6, 6.07) is 8.87. The van der Waals surface area contributed by atoms with Crippen molar-refractivity contribution in [2.24, 2.45) is 0 Å². The molecule has 0 bridgehead atoms. The van der Waals surface area contributed by atoms with Crippen LogP contribution >= 0.6 is 57.1 Å². The summed E-state index contributed by atoms with van der Waals surface area (Å²) in [7, 11) is -2.08. The summed E-state index contributed by atoms with van der Waals surface area (Å²) < 4.78 is 48.8. The van der Waals surface area contributed by atoms with Crippen molar-refractivity contribution in [2.75, 3.05) is 6.54 Å². The van der Waals surface area contributed by atoms with Crippen LogP contribution in [-0.2, 0) is 19.1 Å². The highest BCUT2D eigenvalue weighted by Crippen LogP contribution is 2.31. The molecule has 14 heteroatoms. The molecule has 0 fully saturated rings. The van der Waals surface area contributed by atoms with Gasteiger partial charge in [0.15, 0.2) is 0 Å². The van der Waals surface area contributed by atoms with E-state index in [4.69, 9.17) is 57.1 Å². The Morgan fingerprint density at radius 1 is 0.743 bits per heavy atom. The summed E-state index contributed by atoms with van der Waals surface area (Å²) in [5, 5.41) is 3.53. The second-order valence-electron chi connectivity index (χ2n) is 7.04. The zero-order valence-electron chi connectivity index (χ0n) is 17.8. The Kier molecular flexibility index (Phi) is 9.10. The van der Waals surface area contributed by atoms with Gasteiger partial charge in [-0.15, -0.1) is 0 Å². The topological polar surface area (TPSA) is 106 Å². The van der Waals surface area contributed by atoms with E-state index in [-0.39, 0.29) is 20.1 Å². The maximum absolute atomic E-state index is 12.0. The van der Waals surface area contributed by atoms with Crippen LogP contribution in [0.1, 0.15) is 13.3 Å². The van der Waals surface area contributed by atoms with Gasteiger partial charge in [0.2, 0.25) is 10.0 Å². The molecule has 0 unspecified atom stereocenters. The normalized spacial score (nSPS) is 11.9. The van der Waals surface area contributed by atoms with Crippen LogP contribution in [-0.4, -0.2) is 33.3 Å². The number of aromatic nitrogens is 2. The number of hydrogen-bond donors (Lipinski definition) is 1. The Labute approximate surface area is 226 Å². The summed E-state index contributed by atoms with van der Waals surface area (Å²) in [5.41, 5.74) is 0. The molecule has 0 aliphatic heterocycles. The molecule has 0 aliphatic rings. The van der Waals surface area contributed by atoms with E-state index >= 15 is 0 Å². The lowest BCUT2D eigenvalue weighted by Gasteiger charge is -2.08. The van der Waals surface area contributed by atoms with Gasteiger partial charge in [-0.25, -0.2) is 31.5 Å². The molecule has 0 saturated carbocycles. The van der Waals surface area contributed by atoms with E-state index in [2.05, 4.69) is 14.7 Å². The average molecular weight is 616 g/mol. The van der Waals surface area contributed by atoms with Crippen molar-refractivity contribution in [1.82, 2.24) is 14.7 Å². The minimum atomic E-state index is -3.78. The lowest BCUT2D eigenvalue weighted by atomic mass is 10.2. The maximum atomic E-state index is 12.0. The van der Waals surface area contributed by atoms with Gasteiger partial charge in [-0.3, -0.25) is 0 Å². The highest BCUT2D eigenvalue weighted by atomic mass is 35.7. The van der Waals surface area contributed by atoms with Gasteiger partial charge in [0.05, 0.1) is 19.8 Å². The number of nitrogens with zero attached hydrogens (tertiary/aromatic N) is 2. The summed E-state index contributed by atoms with van der Waals surface area (Å²) in [6.07, 6.45) is 3.57. The van der Waals surface area contributed by atoms with Gasteiger partial charge < -0.3 is 0 Å². The van der Waals surface area contributed by atoms with E-state index in [0.717, 1.165) is 6.42 Å². The van der Waals surface area contributed by atoms with Crippen molar-refractivity contribution in [3.05, 3.63) is 69.1 Å². The molecule has 0 saturated heterocycles. The molecule has 4 rings (SSSR count). The zero-order valence-corrected chi connectivity index (χ0v) is 23.2. The molecular formula is C21H16Cl5N3O4S2. The van der Waals surface area contributed by atoms with Crippen LogP contribution in [0.4, 0.5) is 0 Å². The molecule has 35 heavy (non-hydrogen) atoms. The number of pyridine rings is 2. The third kappa shape index (κ3) is 6.67. The van der Waals surface area contributed by atoms with Crippen LogP contribution in [0, 0.1) is 0 Å². The molecule has 1 N–H and O–H groups in total. The molecule has 2 heterocycles. The standard InChI is InChI=1S/C12H12Cl2N2O2S.C9H4Cl3NO2S/c1-2-5-16-19(17,18)8-3-4-9-10(6-8)12(14)15-7-11(9)13;10-8-4-13-9(11)7-3-5(16(12,14)15)1-2-6(7)8/h3-4,6-7,16H,2,5H2,1H3;1-4H. The van der Waals surface area contributed by atoms with Gasteiger partial charge in [0.1, 0.15) is 10.3 Å². The lowest BCUT2D eigenvalue weighted by Crippen LogP contribution is -2.24. The van der Waals surface area contributed by atoms with Crippen LogP contribution in [0.3, 0.4) is 0 Å². The summed E-state index contributed by atoms with van der Waals surface area (Å²) in [6.45, 7) is 2.28. The van der Waals surface area contributed by atoms with E-state index in [1.807, 2.05) is 6.92 Å². The van der Waals surface area contributed by atoms with E-state index in [1.165, 1.54) is 36.7 Å². The molecular weight excluding hydrogens is 600 g/mol. The number of sulfonamides is 1. The Bertz CT molecular complexity index is 1630.